The third-order valence-corrected chi connectivity index (χ3v) is 4.78. The van der Waals surface area contributed by atoms with Crippen molar-refractivity contribution in [2.24, 2.45) is 5.92 Å². The van der Waals surface area contributed by atoms with Crippen LogP contribution in [0.5, 0.6) is 0 Å². The number of ether oxygens (including phenoxy) is 1. The third kappa shape index (κ3) is 3.41. The van der Waals surface area contributed by atoms with E-state index in [-0.39, 0.29) is 11.9 Å². The van der Waals surface area contributed by atoms with Crippen molar-refractivity contribution < 1.29 is 14.3 Å². The summed E-state index contributed by atoms with van der Waals surface area (Å²) in [7, 11) is 0. The summed E-state index contributed by atoms with van der Waals surface area (Å²) in [5, 5.41) is 3.32. The van der Waals surface area contributed by atoms with Crippen LogP contribution >= 0.6 is 27.3 Å². The Balaban J connectivity index is 2.21. The summed E-state index contributed by atoms with van der Waals surface area (Å²) in [4.78, 5) is 26.0. The normalized spacial score (nSPS) is 19.5. The van der Waals surface area contributed by atoms with E-state index in [0.29, 0.717) is 29.4 Å². The van der Waals surface area contributed by atoms with Gasteiger partial charge in [-0.05, 0) is 38.1 Å². The van der Waals surface area contributed by atoms with Crippen LogP contribution in [0.25, 0.3) is 0 Å². The molecular formula is C14H18BrNO3S. The van der Waals surface area contributed by atoms with E-state index in [1.165, 1.54) is 11.3 Å². The molecule has 4 nitrogen and oxygen atoms in total. The molecular weight excluding hydrogens is 342 g/mol. The minimum Gasteiger partial charge on any atom is -0.456 e. The zero-order valence-corrected chi connectivity index (χ0v) is 14.2. The van der Waals surface area contributed by atoms with Crippen molar-refractivity contribution in [1.29, 1.82) is 0 Å². The Kier molecular flexibility index (Phi) is 4.54. The van der Waals surface area contributed by atoms with Gasteiger partial charge in [0.2, 0.25) is 5.91 Å². The van der Waals surface area contributed by atoms with Gasteiger partial charge in [0.15, 0.2) is 0 Å². The van der Waals surface area contributed by atoms with Gasteiger partial charge in [-0.15, -0.1) is 11.3 Å². The Hall–Kier alpha value is -0.880. The number of amides is 1. The summed E-state index contributed by atoms with van der Waals surface area (Å²) in [5.41, 5.74) is -0.0579. The van der Waals surface area contributed by atoms with E-state index in [1.54, 1.807) is 11.0 Å². The molecule has 1 atom stereocenters. The molecule has 1 saturated heterocycles. The molecule has 2 heterocycles. The quantitative estimate of drug-likeness (QED) is 0.613. The second-order valence-electron chi connectivity index (χ2n) is 5.87. The molecule has 0 aromatic carbocycles. The molecule has 0 aliphatic carbocycles. The van der Waals surface area contributed by atoms with E-state index in [0.717, 1.165) is 5.33 Å². The molecule has 1 amide bonds. The Morgan fingerprint density at radius 1 is 1.55 bits per heavy atom. The summed E-state index contributed by atoms with van der Waals surface area (Å²) in [5.74, 6) is 0.00152. The highest BCUT2D eigenvalue weighted by atomic mass is 79.9. The average molecular weight is 360 g/mol. The number of esters is 1. The molecule has 1 aliphatic heterocycles. The molecule has 1 fully saturated rings. The van der Waals surface area contributed by atoms with Gasteiger partial charge in [0.1, 0.15) is 10.6 Å². The van der Waals surface area contributed by atoms with Gasteiger partial charge in [0.25, 0.3) is 0 Å². The van der Waals surface area contributed by atoms with Gasteiger partial charge in [-0.25, -0.2) is 4.79 Å². The smallest absolute Gasteiger partial charge is 0.341 e. The maximum absolute atomic E-state index is 12.2. The Bertz CT molecular complexity index is 521. The maximum Gasteiger partial charge on any atom is 0.341 e. The fourth-order valence-electron chi connectivity index (χ4n) is 2.08. The Morgan fingerprint density at radius 2 is 2.25 bits per heavy atom. The molecule has 2 rings (SSSR count). The number of carbonyl (C=O) groups is 2. The van der Waals surface area contributed by atoms with Crippen LogP contribution in [-0.4, -0.2) is 29.4 Å². The van der Waals surface area contributed by atoms with Crippen LogP contribution < -0.4 is 4.90 Å². The number of alkyl halides is 1. The molecule has 20 heavy (non-hydrogen) atoms. The molecule has 1 unspecified atom stereocenters. The number of hydrogen-bond donors (Lipinski definition) is 0. The number of rotatable bonds is 3. The van der Waals surface area contributed by atoms with Gasteiger partial charge in [0, 0.05) is 18.3 Å². The fraction of sp³-hybridized carbons (Fsp3) is 0.571. The van der Waals surface area contributed by atoms with Crippen molar-refractivity contribution >= 4 is 44.1 Å². The van der Waals surface area contributed by atoms with Gasteiger partial charge in [0.05, 0.1) is 5.56 Å². The Labute approximate surface area is 131 Å². The van der Waals surface area contributed by atoms with Crippen molar-refractivity contribution in [2.75, 3.05) is 16.8 Å². The summed E-state index contributed by atoms with van der Waals surface area (Å²) >= 11 is 4.82. The van der Waals surface area contributed by atoms with E-state index in [4.69, 9.17) is 4.74 Å². The SMILES string of the molecule is CC(C)(C)OC(=O)c1ccsc1N1CC(CBr)CC1=O. The number of halogens is 1. The maximum atomic E-state index is 12.2. The summed E-state index contributed by atoms with van der Waals surface area (Å²) < 4.78 is 5.39. The topological polar surface area (TPSA) is 46.6 Å². The third-order valence-electron chi connectivity index (χ3n) is 2.93. The highest BCUT2D eigenvalue weighted by Gasteiger charge is 2.33. The minimum absolute atomic E-state index is 0.0710. The standard InChI is InChI=1S/C14H18BrNO3S/c1-14(2,3)19-13(18)10-4-5-20-12(10)16-8-9(7-15)6-11(16)17/h4-5,9H,6-8H2,1-3H3. The molecule has 0 bridgehead atoms. The van der Waals surface area contributed by atoms with Crippen molar-refractivity contribution in [3.63, 3.8) is 0 Å². The first kappa shape index (κ1) is 15.5. The van der Waals surface area contributed by atoms with Crippen molar-refractivity contribution in [3.05, 3.63) is 17.0 Å². The van der Waals surface area contributed by atoms with Gasteiger partial charge in [-0.1, -0.05) is 15.9 Å². The lowest BCUT2D eigenvalue weighted by atomic mass is 10.2. The molecule has 6 heteroatoms. The van der Waals surface area contributed by atoms with E-state index in [2.05, 4.69) is 15.9 Å². The molecule has 110 valence electrons. The van der Waals surface area contributed by atoms with Gasteiger partial charge in [-0.3, -0.25) is 4.79 Å². The van der Waals surface area contributed by atoms with Crippen molar-refractivity contribution in [1.82, 2.24) is 0 Å². The second-order valence-corrected chi connectivity index (χ2v) is 7.41. The number of hydrogen-bond acceptors (Lipinski definition) is 4. The van der Waals surface area contributed by atoms with Crippen LogP contribution in [0.4, 0.5) is 5.00 Å². The molecule has 0 spiro atoms. The Morgan fingerprint density at radius 3 is 2.80 bits per heavy atom. The first-order chi connectivity index (χ1) is 9.31. The van der Waals surface area contributed by atoms with Crippen LogP contribution in [0, 0.1) is 5.92 Å². The second kappa shape index (κ2) is 5.85. The van der Waals surface area contributed by atoms with Crippen LogP contribution in [0.3, 0.4) is 0 Å². The van der Waals surface area contributed by atoms with E-state index in [1.807, 2.05) is 26.2 Å². The van der Waals surface area contributed by atoms with Gasteiger partial charge < -0.3 is 9.64 Å². The van der Waals surface area contributed by atoms with Crippen LogP contribution in [0.2, 0.25) is 0 Å². The monoisotopic (exact) mass is 359 g/mol. The van der Waals surface area contributed by atoms with Crippen LogP contribution in [0.1, 0.15) is 37.6 Å². The number of anilines is 1. The molecule has 1 aromatic heterocycles. The summed E-state index contributed by atoms with van der Waals surface area (Å²) in [6.45, 7) is 6.15. The predicted molar refractivity (Wildman–Crippen MR) is 83.7 cm³/mol. The fourth-order valence-corrected chi connectivity index (χ4v) is 3.43. The molecule has 1 aromatic rings. The molecule has 0 N–H and O–H groups in total. The molecule has 1 aliphatic rings. The first-order valence-corrected chi connectivity index (χ1v) is 8.49. The number of carbonyl (C=O) groups excluding carboxylic acids is 2. The highest BCUT2D eigenvalue weighted by molar-refractivity contribution is 9.09. The van der Waals surface area contributed by atoms with Crippen molar-refractivity contribution in [2.45, 2.75) is 32.8 Å². The molecule has 0 radical (unpaired) electrons. The first-order valence-electron chi connectivity index (χ1n) is 6.49. The lowest BCUT2D eigenvalue weighted by molar-refractivity contribution is -0.117. The largest absolute Gasteiger partial charge is 0.456 e. The number of nitrogens with zero attached hydrogens (tertiary/aromatic N) is 1. The van der Waals surface area contributed by atoms with Gasteiger partial charge >= 0.3 is 5.97 Å². The van der Waals surface area contributed by atoms with Crippen molar-refractivity contribution in [3.8, 4) is 0 Å². The predicted octanol–water partition coefficient (Wildman–Crippen LogP) is 3.45. The van der Waals surface area contributed by atoms with Gasteiger partial charge in [-0.2, -0.15) is 0 Å². The summed E-state index contributed by atoms with van der Waals surface area (Å²) in [6.07, 6.45) is 0.525. The average Bonchev–Trinajstić information content (AvgIpc) is 2.92. The zero-order chi connectivity index (χ0) is 14.9. The minimum atomic E-state index is -0.538. The number of thiophene rings is 1. The van der Waals surface area contributed by atoms with Crippen LogP contribution in [0.15, 0.2) is 11.4 Å². The van der Waals surface area contributed by atoms with Crippen LogP contribution in [-0.2, 0) is 9.53 Å². The molecule has 0 saturated carbocycles. The summed E-state index contributed by atoms with van der Waals surface area (Å²) in [6, 6.07) is 1.73. The highest BCUT2D eigenvalue weighted by Crippen LogP contribution is 2.34. The van der Waals surface area contributed by atoms with E-state index < -0.39 is 5.60 Å². The van der Waals surface area contributed by atoms with E-state index >= 15 is 0 Å². The lowest BCUT2D eigenvalue weighted by Gasteiger charge is -2.21. The zero-order valence-electron chi connectivity index (χ0n) is 11.8. The van der Waals surface area contributed by atoms with E-state index in [9.17, 15) is 9.59 Å². The lowest BCUT2D eigenvalue weighted by Crippen LogP contribution is -2.28.